The molecule has 0 aromatic heterocycles. The molecular weight excluding hydrogens is 170 g/mol. The number of rotatable bonds is 4. The Hall–Kier alpha value is -1.06. The number of esters is 1. The van der Waals surface area contributed by atoms with E-state index in [4.69, 9.17) is 4.84 Å². The Morgan fingerprint density at radius 2 is 2.54 bits per heavy atom. The smallest absolute Gasteiger partial charge is 0.350 e. The molecule has 0 fully saturated rings. The van der Waals surface area contributed by atoms with Crippen molar-refractivity contribution in [3.8, 4) is 0 Å². The molecular formula is C9H15NO3. The largest absolute Gasteiger partial charge is 0.466 e. The molecule has 1 heterocycles. The van der Waals surface area contributed by atoms with E-state index in [-0.39, 0.29) is 5.97 Å². The standard InChI is InChI=1S/C9H15NO3/c1-3-4-5-7-6-8(13-10-7)9(11)12-2/h8H,3-6H2,1-2H3. The average molecular weight is 185 g/mol. The summed E-state index contributed by atoms with van der Waals surface area (Å²) in [4.78, 5) is 15.9. The molecule has 0 saturated heterocycles. The Bertz CT molecular complexity index is 213. The molecule has 1 unspecified atom stereocenters. The zero-order valence-electron chi connectivity index (χ0n) is 8.08. The molecule has 0 radical (unpaired) electrons. The Balaban J connectivity index is 2.29. The van der Waals surface area contributed by atoms with Crippen molar-refractivity contribution < 1.29 is 14.4 Å². The van der Waals surface area contributed by atoms with Crippen molar-refractivity contribution in [2.75, 3.05) is 7.11 Å². The second kappa shape index (κ2) is 4.84. The van der Waals surface area contributed by atoms with E-state index in [1.54, 1.807) is 0 Å². The van der Waals surface area contributed by atoms with Gasteiger partial charge in [-0.15, -0.1) is 0 Å². The van der Waals surface area contributed by atoms with Gasteiger partial charge in [0.1, 0.15) is 0 Å². The Labute approximate surface area is 77.9 Å². The first-order chi connectivity index (χ1) is 6.27. The van der Waals surface area contributed by atoms with Gasteiger partial charge in [0.25, 0.3) is 0 Å². The van der Waals surface area contributed by atoms with Gasteiger partial charge < -0.3 is 9.57 Å². The van der Waals surface area contributed by atoms with E-state index in [2.05, 4.69) is 16.8 Å². The summed E-state index contributed by atoms with van der Waals surface area (Å²) in [5.41, 5.74) is 0.970. The summed E-state index contributed by atoms with van der Waals surface area (Å²) in [5.74, 6) is -0.338. The summed E-state index contributed by atoms with van der Waals surface area (Å²) < 4.78 is 4.55. The zero-order valence-corrected chi connectivity index (χ0v) is 8.08. The molecule has 0 saturated carbocycles. The molecule has 0 aromatic rings. The van der Waals surface area contributed by atoms with Crippen LogP contribution in [0.1, 0.15) is 32.6 Å². The van der Waals surface area contributed by atoms with E-state index >= 15 is 0 Å². The van der Waals surface area contributed by atoms with Crippen molar-refractivity contribution in [3.05, 3.63) is 0 Å². The van der Waals surface area contributed by atoms with Gasteiger partial charge in [0.15, 0.2) is 0 Å². The third kappa shape index (κ3) is 2.72. The fourth-order valence-corrected chi connectivity index (χ4v) is 1.21. The monoisotopic (exact) mass is 185 g/mol. The summed E-state index contributed by atoms with van der Waals surface area (Å²) in [6.07, 6.45) is 3.23. The van der Waals surface area contributed by atoms with Crippen LogP contribution in [0.3, 0.4) is 0 Å². The summed E-state index contributed by atoms with van der Waals surface area (Å²) in [5, 5.41) is 3.84. The molecule has 0 spiro atoms. The maximum atomic E-state index is 11.0. The minimum absolute atomic E-state index is 0.338. The summed E-state index contributed by atoms with van der Waals surface area (Å²) >= 11 is 0. The molecule has 4 nitrogen and oxygen atoms in total. The van der Waals surface area contributed by atoms with Crippen LogP contribution in [0.15, 0.2) is 5.16 Å². The number of hydrogen-bond donors (Lipinski definition) is 0. The van der Waals surface area contributed by atoms with Gasteiger partial charge in [-0.05, 0) is 12.8 Å². The van der Waals surface area contributed by atoms with Crippen molar-refractivity contribution in [2.24, 2.45) is 5.16 Å². The molecule has 1 aliphatic heterocycles. The molecule has 0 bridgehead atoms. The Morgan fingerprint density at radius 3 is 3.15 bits per heavy atom. The highest BCUT2D eigenvalue weighted by Gasteiger charge is 2.28. The maximum Gasteiger partial charge on any atom is 0.350 e. The molecule has 1 rings (SSSR count). The predicted molar refractivity (Wildman–Crippen MR) is 48.5 cm³/mol. The van der Waals surface area contributed by atoms with Gasteiger partial charge in [-0.1, -0.05) is 18.5 Å². The third-order valence-corrected chi connectivity index (χ3v) is 2.01. The molecule has 0 N–H and O–H groups in total. The van der Waals surface area contributed by atoms with Crippen molar-refractivity contribution >= 4 is 11.7 Å². The zero-order chi connectivity index (χ0) is 9.68. The van der Waals surface area contributed by atoms with Gasteiger partial charge in [0.2, 0.25) is 6.10 Å². The van der Waals surface area contributed by atoms with Crippen LogP contribution in [0.5, 0.6) is 0 Å². The van der Waals surface area contributed by atoms with Crippen molar-refractivity contribution in [1.82, 2.24) is 0 Å². The summed E-state index contributed by atoms with van der Waals surface area (Å²) in [7, 11) is 1.36. The lowest BCUT2D eigenvalue weighted by Crippen LogP contribution is -2.21. The van der Waals surface area contributed by atoms with Crippen LogP contribution < -0.4 is 0 Å². The number of ether oxygens (including phenoxy) is 1. The van der Waals surface area contributed by atoms with Crippen LogP contribution in [-0.4, -0.2) is 24.9 Å². The van der Waals surface area contributed by atoms with Crippen LogP contribution in [-0.2, 0) is 14.4 Å². The van der Waals surface area contributed by atoms with Crippen LogP contribution in [0.25, 0.3) is 0 Å². The van der Waals surface area contributed by atoms with Gasteiger partial charge in [-0.25, -0.2) is 4.79 Å². The van der Waals surface area contributed by atoms with Crippen LogP contribution in [0.4, 0.5) is 0 Å². The molecule has 13 heavy (non-hydrogen) atoms. The quantitative estimate of drug-likeness (QED) is 0.623. The number of carbonyl (C=O) groups excluding carboxylic acids is 1. The van der Waals surface area contributed by atoms with Crippen molar-refractivity contribution in [2.45, 2.75) is 38.7 Å². The Kier molecular flexibility index (Phi) is 3.73. The van der Waals surface area contributed by atoms with E-state index in [1.165, 1.54) is 7.11 Å². The van der Waals surface area contributed by atoms with Gasteiger partial charge in [0.05, 0.1) is 12.8 Å². The average Bonchev–Trinajstić information content (AvgIpc) is 2.62. The topological polar surface area (TPSA) is 47.9 Å². The Morgan fingerprint density at radius 1 is 1.77 bits per heavy atom. The third-order valence-electron chi connectivity index (χ3n) is 2.01. The SMILES string of the molecule is CCCCC1=NOC(C(=O)OC)C1. The predicted octanol–water partition coefficient (Wildman–Crippen LogP) is 1.49. The molecule has 4 heteroatoms. The van der Waals surface area contributed by atoms with Crippen LogP contribution >= 0.6 is 0 Å². The summed E-state index contributed by atoms with van der Waals surface area (Å²) in [6.45, 7) is 2.12. The van der Waals surface area contributed by atoms with E-state index < -0.39 is 6.10 Å². The highest BCUT2D eigenvalue weighted by molar-refractivity contribution is 5.90. The van der Waals surface area contributed by atoms with Gasteiger partial charge in [-0.2, -0.15) is 0 Å². The first-order valence-corrected chi connectivity index (χ1v) is 4.57. The van der Waals surface area contributed by atoms with E-state index in [0.717, 1.165) is 25.0 Å². The lowest BCUT2D eigenvalue weighted by atomic mass is 10.1. The molecule has 1 aliphatic rings. The first kappa shape index (κ1) is 10.0. The summed E-state index contributed by atoms with van der Waals surface area (Å²) in [6, 6.07) is 0. The lowest BCUT2D eigenvalue weighted by molar-refractivity contribution is -0.152. The number of hydrogen-bond acceptors (Lipinski definition) is 4. The van der Waals surface area contributed by atoms with E-state index in [1.807, 2.05) is 0 Å². The minimum atomic E-state index is -0.503. The second-order valence-electron chi connectivity index (χ2n) is 3.08. The second-order valence-corrected chi connectivity index (χ2v) is 3.08. The van der Waals surface area contributed by atoms with Crippen LogP contribution in [0.2, 0.25) is 0 Å². The molecule has 1 atom stereocenters. The minimum Gasteiger partial charge on any atom is -0.466 e. The number of nitrogens with zero attached hydrogens (tertiary/aromatic N) is 1. The van der Waals surface area contributed by atoms with Crippen molar-refractivity contribution in [3.63, 3.8) is 0 Å². The lowest BCUT2D eigenvalue weighted by Gasteiger charge is -2.03. The molecule has 0 aromatic carbocycles. The number of unbranched alkanes of at least 4 members (excludes halogenated alkanes) is 1. The fourth-order valence-electron chi connectivity index (χ4n) is 1.21. The first-order valence-electron chi connectivity index (χ1n) is 4.57. The molecule has 0 amide bonds. The van der Waals surface area contributed by atoms with E-state index in [0.29, 0.717) is 6.42 Å². The van der Waals surface area contributed by atoms with Gasteiger partial charge in [-0.3, -0.25) is 0 Å². The number of methoxy groups -OCH3 is 1. The fraction of sp³-hybridized carbons (Fsp3) is 0.778. The van der Waals surface area contributed by atoms with Gasteiger partial charge in [0, 0.05) is 6.42 Å². The highest BCUT2D eigenvalue weighted by atomic mass is 16.7. The highest BCUT2D eigenvalue weighted by Crippen LogP contribution is 2.15. The number of oxime groups is 1. The van der Waals surface area contributed by atoms with Gasteiger partial charge >= 0.3 is 5.97 Å². The van der Waals surface area contributed by atoms with Crippen LogP contribution in [0, 0.1) is 0 Å². The maximum absolute atomic E-state index is 11.0. The van der Waals surface area contributed by atoms with E-state index in [9.17, 15) is 4.79 Å². The molecule has 74 valence electrons. The van der Waals surface area contributed by atoms with Crippen molar-refractivity contribution in [1.29, 1.82) is 0 Å². The normalized spacial score (nSPS) is 20.8. The molecule has 0 aliphatic carbocycles. The number of carbonyl (C=O) groups is 1.